The number of fused-ring (bicyclic) bond motifs is 1. The molecule has 0 aliphatic carbocycles. The van der Waals surface area contributed by atoms with E-state index in [0.717, 1.165) is 22.3 Å². The number of aromatic nitrogens is 1. The summed E-state index contributed by atoms with van der Waals surface area (Å²) in [6.45, 7) is 0. The molecular formula is C11H12ClNO2. The summed E-state index contributed by atoms with van der Waals surface area (Å²) in [5.41, 5.74) is 0. The number of rotatable bonds is 2. The number of ether oxygens (including phenoxy) is 2. The number of aromatic amines is 1. The van der Waals surface area contributed by atoms with Crippen LogP contribution in [0.1, 0.15) is 0 Å². The van der Waals surface area contributed by atoms with Crippen LogP contribution >= 0.6 is 0 Å². The van der Waals surface area contributed by atoms with E-state index in [9.17, 15) is 0 Å². The van der Waals surface area contributed by atoms with Gasteiger partial charge in [0.05, 0.1) is 19.6 Å². The molecule has 2 aromatic rings. The molecule has 0 fully saturated rings. The van der Waals surface area contributed by atoms with Crippen LogP contribution < -0.4 is 26.9 Å². The van der Waals surface area contributed by atoms with Crippen molar-refractivity contribution in [1.82, 2.24) is 0 Å². The lowest BCUT2D eigenvalue weighted by Crippen LogP contribution is -3.00. The van der Waals surface area contributed by atoms with Crippen LogP contribution in [0.3, 0.4) is 0 Å². The van der Waals surface area contributed by atoms with Crippen molar-refractivity contribution in [2.75, 3.05) is 14.2 Å². The van der Waals surface area contributed by atoms with Crippen LogP contribution in [0, 0.1) is 0 Å². The van der Waals surface area contributed by atoms with Crippen LogP contribution in [0.25, 0.3) is 10.8 Å². The maximum absolute atomic E-state index is 5.28. The Bertz CT molecular complexity index is 459. The molecule has 15 heavy (non-hydrogen) atoms. The highest BCUT2D eigenvalue weighted by atomic mass is 35.5. The van der Waals surface area contributed by atoms with Gasteiger partial charge in [-0.2, -0.15) is 0 Å². The molecule has 3 nitrogen and oxygen atoms in total. The van der Waals surface area contributed by atoms with E-state index < -0.39 is 0 Å². The third kappa shape index (κ3) is 2.13. The Morgan fingerprint density at radius 1 is 1.13 bits per heavy atom. The Morgan fingerprint density at radius 3 is 2.60 bits per heavy atom. The van der Waals surface area contributed by atoms with Crippen LogP contribution in [0.2, 0.25) is 0 Å². The molecule has 0 aliphatic rings. The van der Waals surface area contributed by atoms with E-state index in [1.807, 2.05) is 30.6 Å². The molecule has 4 heteroatoms. The Balaban J connectivity index is 0.00000112. The lowest BCUT2D eigenvalue weighted by Gasteiger charge is -2.06. The third-order valence-corrected chi connectivity index (χ3v) is 2.19. The Labute approximate surface area is 94.4 Å². The zero-order chi connectivity index (χ0) is 9.97. The van der Waals surface area contributed by atoms with Gasteiger partial charge in [0.15, 0.2) is 12.4 Å². The predicted octanol–water partition coefficient (Wildman–Crippen LogP) is -1.32. The first-order valence-electron chi connectivity index (χ1n) is 4.37. The van der Waals surface area contributed by atoms with Gasteiger partial charge in [-0.3, -0.25) is 0 Å². The molecule has 0 amide bonds. The average molecular weight is 226 g/mol. The molecule has 0 aliphatic heterocycles. The fraction of sp³-hybridized carbons (Fsp3) is 0.182. The molecule has 1 aromatic heterocycles. The number of pyridine rings is 1. The molecule has 0 unspecified atom stereocenters. The van der Waals surface area contributed by atoms with Crippen LogP contribution in [-0.2, 0) is 0 Å². The van der Waals surface area contributed by atoms with Crippen molar-refractivity contribution in [3.63, 3.8) is 0 Å². The molecule has 0 spiro atoms. The maximum atomic E-state index is 5.28. The molecule has 1 N–H and O–H groups in total. The van der Waals surface area contributed by atoms with Gasteiger partial charge in [-0.25, -0.2) is 4.98 Å². The van der Waals surface area contributed by atoms with Gasteiger partial charge in [0.2, 0.25) is 0 Å². The second-order valence-corrected chi connectivity index (χ2v) is 2.98. The quantitative estimate of drug-likeness (QED) is 0.635. The summed E-state index contributed by atoms with van der Waals surface area (Å²) >= 11 is 0. The zero-order valence-corrected chi connectivity index (χ0v) is 9.34. The number of benzene rings is 1. The molecule has 2 rings (SSSR count). The molecule has 0 atom stereocenters. The van der Waals surface area contributed by atoms with E-state index >= 15 is 0 Å². The van der Waals surface area contributed by atoms with Gasteiger partial charge in [0.1, 0.15) is 11.5 Å². The van der Waals surface area contributed by atoms with Crippen LogP contribution in [0.5, 0.6) is 11.5 Å². The van der Waals surface area contributed by atoms with Gasteiger partial charge in [0, 0.05) is 17.5 Å². The maximum Gasteiger partial charge on any atom is 0.175 e. The molecule has 0 radical (unpaired) electrons. The van der Waals surface area contributed by atoms with Gasteiger partial charge >= 0.3 is 0 Å². The molecule has 0 bridgehead atoms. The highest BCUT2D eigenvalue weighted by Gasteiger charge is 2.05. The van der Waals surface area contributed by atoms with Crippen LogP contribution in [0.15, 0.2) is 30.6 Å². The first kappa shape index (κ1) is 11.6. The van der Waals surface area contributed by atoms with Crippen molar-refractivity contribution < 1.29 is 26.9 Å². The van der Waals surface area contributed by atoms with Crippen molar-refractivity contribution in [3.8, 4) is 11.5 Å². The summed E-state index contributed by atoms with van der Waals surface area (Å²) in [5.74, 6) is 1.63. The van der Waals surface area contributed by atoms with Gasteiger partial charge in [-0.05, 0) is 6.07 Å². The van der Waals surface area contributed by atoms with Crippen molar-refractivity contribution in [3.05, 3.63) is 30.6 Å². The minimum atomic E-state index is 0. The third-order valence-electron chi connectivity index (χ3n) is 2.19. The predicted molar refractivity (Wildman–Crippen MR) is 53.6 cm³/mol. The summed E-state index contributed by atoms with van der Waals surface area (Å²) < 4.78 is 10.4. The second kappa shape index (κ2) is 4.84. The van der Waals surface area contributed by atoms with E-state index in [2.05, 4.69) is 4.98 Å². The van der Waals surface area contributed by atoms with Crippen LogP contribution in [-0.4, -0.2) is 14.2 Å². The standard InChI is InChI=1S/C11H11NO2.ClH/c1-13-9-5-8-7-12-4-3-10(8)11(6-9)14-2;/h3-7H,1-2H3;1H. The number of hydrogen-bond acceptors (Lipinski definition) is 2. The topological polar surface area (TPSA) is 32.6 Å². The number of halogens is 1. The first-order valence-corrected chi connectivity index (χ1v) is 4.37. The normalized spacial score (nSPS) is 9.47. The van der Waals surface area contributed by atoms with E-state index in [1.165, 1.54) is 0 Å². The molecule has 0 saturated heterocycles. The Kier molecular flexibility index (Phi) is 3.74. The average Bonchev–Trinajstić information content (AvgIpc) is 2.27. The highest BCUT2D eigenvalue weighted by molar-refractivity contribution is 5.88. The first-order chi connectivity index (χ1) is 6.85. The van der Waals surface area contributed by atoms with Gasteiger partial charge < -0.3 is 21.9 Å². The molecule has 1 aromatic carbocycles. The smallest absolute Gasteiger partial charge is 0.175 e. The second-order valence-electron chi connectivity index (χ2n) is 2.98. The number of hydrogen-bond donors (Lipinski definition) is 0. The largest absolute Gasteiger partial charge is 1.00 e. The van der Waals surface area contributed by atoms with E-state index in [-0.39, 0.29) is 12.4 Å². The summed E-state index contributed by atoms with van der Waals surface area (Å²) in [5, 5.41) is 2.15. The number of nitrogens with one attached hydrogen (secondary N) is 1. The van der Waals surface area contributed by atoms with Crippen molar-refractivity contribution in [1.29, 1.82) is 0 Å². The Hall–Kier alpha value is -1.48. The number of methoxy groups -OCH3 is 2. The van der Waals surface area contributed by atoms with Gasteiger partial charge in [-0.1, -0.05) is 0 Å². The molecule has 0 saturated carbocycles. The monoisotopic (exact) mass is 225 g/mol. The van der Waals surface area contributed by atoms with Gasteiger partial charge in [0.25, 0.3) is 0 Å². The lowest BCUT2D eigenvalue weighted by atomic mass is 10.1. The summed E-state index contributed by atoms with van der Waals surface area (Å²) in [6.07, 6.45) is 3.79. The number of H-pyrrole nitrogens is 1. The minimum Gasteiger partial charge on any atom is -1.00 e. The fourth-order valence-corrected chi connectivity index (χ4v) is 1.48. The Morgan fingerprint density at radius 2 is 1.93 bits per heavy atom. The van der Waals surface area contributed by atoms with Crippen molar-refractivity contribution >= 4 is 10.8 Å². The molecular weight excluding hydrogens is 214 g/mol. The lowest BCUT2D eigenvalue weighted by molar-refractivity contribution is -0.375. The van der Waals surface area contributed by atoms with Crippen molar-refractivity contribution in [2.24, 2.45) is 0 Å². The van der Waals surface area contributed by atoms with Crippen molar-refractivity contribution in [2.45, 2.75) is 0 Å². The van der Waals surface area contributed by atoms with Gasteiger partial charge in [-0.15, -0.1) is 0 Å². The van der Waals surface area contributed by atoms with E-state index in [0.29, 0.717) is 0 Å². The minimum absolute atomic E-state index is 0. The SMILES string of the molecule is COc1cc(OC)c2cc[nH+]cc2c1.[Cl-]. The fourth-order valence-electron chi connectivity index (χ4n) is 1.48. The summed E-state index contributed by atoms with van der Waals surface area (Å²) in [6, 6.07) is 5.82. The van der Waals surface area contributed by atoms with Crippen LogP contribution in [0.4, 0.5) is 0 Å². The summed E-state index contributed by atoms with van der Waals surface area (Å²) in [7, 11) is 3.30. The highest BCUT2D eigenvalue weighted by Crippen LogP contribution is 2.29. The molecule has 80 valence electrons. The molecule has 1 heterocycles. The zero-order valence-electron chi connectivity index (χ0n) is 8.58. The van der Waals surface area contributed by atoms with E-state index in [1.54, 1.807) is 14.2 Å². The summed E-state index contributed by atoms with van der Waals surface area (Å²) in [4.78, 5) is 3.03. The van der Waals surface area contributed by atoms with E-state index in [4.69, 9.17) is 9.47 Å².